The average molecular weight is 372 g/mol. The molecule has 1 atom stereocenters. The molecule has 5 nitrogen and oxygen atoms in total. The van der Waals surface area contributed by atoms with E-state index in [9.17, 15) is 9.59 Å². The highest BCUT2D eigenvalue weighted by Gasteiger charge is 2.28. The zero-order valence-corrected chi connectivity index (χ0v) is 16.0. The predicted molar refractivity (Wildman–Crippen MR) is 105 cm³/mol. The fraction of sp³-hybridized carbons (Fsp3) is 0.500. The van der Waals surface area contributed by atoms with Crippen molar-refractivity contribution in [2.75, 3.05) is 32.7 Å². The van der Waals surface area contributed by atoms with Crippen molar-refractivity contribution in [2.45, 2.75) is 32.2 Å². The molecule has 1 unspecified atom stereocenters. The van der Waals surface area contributed by atoms with Crippen molar-refractivity contribution in [3.8, 4) is 0 Å². The van der Waals surface area contributed by atoms with E-state index in [4.69, 9.17) is 0 Å². The first kappa shape index (κ1) is 17.5. The third-order valence-electron chi connectivity index (χ3n) is 5.54. The Hall–Kier alpha value is -1.92. The smallest absolute Gasteiger partial charge is 0.264 e. The second-order valence-corrected chi connectivity index (χ2v) is 8.27. The van der Waals surface area contributed by atoms with E-state index in [1.807, 2.05) is 28.9 Å². The number of hydrogen-bond acceptors (Lipinski definition) is 4. The Kier molecular flexibility index (Phi) is 4.96. The second kappa shape index (κ2) is 7.37. The lowest BCUT2D eigenvalue weighted by molar-refractivity contribution is -0.133. The normalized spacial score (nSPS) is 20.7. The number of nitrogens with zero attached hydrogens (tertiary/aromatic N) is 2. The molecule has 1 aromatic carbocycles. The topological polar surface area (TPSA) is 52.7 Å². The van der Waals surface area contributed by atoms with E-state index in [-0.39, 0.29) is 11.8 Å². The Bertz CT molecular complexity index is 818. The van der Waals surface area contributed by atoms with Crippen LogP contribution in [0.2, 0.25) is 0 Å². The lowest BCUT2D eigenvalue weighted by Crippen LogP contribution is -2.51. The zero-order valence-electron chi connectivity index (χ0n) is 15.2. The van der Waals surface area contributed by atoms with Crippen molar-refractivity contribution < 1.29 is 9.59 Å². The molecule has 0 saturated carbocycles. The molecular weight excluding hydrogens is 346 g/mol. The van der Waals surface area contributed by atoms with Gasteiger partial charge in [0, 0.05) is 43.3 Å². The molecule has 6 heteroatoms. The number of rotatable bonds is 3. The van der Waals surface area contributed by atoms with Crippen LogP contribution in [0.25, 0.3) is 10.1 Å². The fourth-order valence-electron chi connectivity index (χ4n) is 3.95. The third-order valence-corrected chi connectivity index (χ3v) is 6.80. The van der Waals surface area contributed by atoms with Crippen LogP contribution in [0.1, 0.15) is 34.5 Å². The van der Waals surface area contributed by atoms with Crippen LogP contribution in [-0.2, 0) is 4.79 Å². The molecular formula is C20H25N3O2S. The highest BCUT2D eigenvalue weighted by Crippen LogP contribution is 2.31. The molecule has 2 aromatic rings. The molecule has 138 valence electrons. The standard InChI is InChI=1S/C20H25N3O2S/c1-14-16-6-2-3-7-17(16)26-19(14)20(25)23-11-9-22(10-12-23)18(24)13-15-5-4-8-21-15/h2-3,6-7,15,21H,4-5,8-13H2,1H3. The molecule has 26 heavy (non-hydrogen) atoms. The number of aryl methyl sites for hydroxylation is 1. The minimum absolute atomic E-state index is 0.105. The van der Waals surface area contributed by atoms with Crippen molar-refractivity contribution in [3.05, 3.63) is 34.7 Å². The average Bonchev–Trinajstić information content (AvgIpc) is 3.29. The summed E-state index contributed by atoms with van der Waals surface area (Å²) in [4.78, 5) is 30.1. The summed E-state index contributed by atoms with van der Waals surface area (Å²) in [5.41, 5.74) is 1.07. The summed E-state index contributed by atoms with van der Waals surface area (Å²) in [6.07, 6.45) is 2.84. The largest absolute Gasteiger partial charge is 0.339 e. The molecule has 2 fully saturated rings. The van der Waals surface area contributed by atoms with Gasteiger partial charge in [0.25, 0.3) is 5.91 Å². The number of amides is 2. The number of fused-ring (bicyclic) bond motifs is 1. The summed E-state index contributed by atoms with van der Waals surface area (Å²) in [7, 11) is 0. The number of benzene rings is 1. The van der Waals surface area contributed by atoms with Gasteiger partial charge in [-0.1, -0.05) is 18.2 Å². The van der Waals surface area contributed by atoms with Gasteiger partial charge in [0.05, 0.1) is 4.88 Å². The molecule has 1 N–H and O–H groups in total. The minimum atomic E-state index is 0.105. The minimum Gasteiger partial charge on any atom is -0.339 e. The van der Waals surface area contributed by atoms with E-state index in [2.05, 4.69) is 17.4 Å². The van der Waals surface area contributed by atoms with Crippen molar-refractivity contribution in [1.29, 1.82) is 0 Å². The first-order chi connectivity index (χ1) is 12.6. The lowest BCUT2D eigenvalue weighted by Gasteiger charge is -2.35. The highest BCUT2D eigenvalue weighted by atomic mass is 32.1. The molecule has 2 aliphatic heterocycles. The molecule has 2 amide bonds. The number of carbonyl (C=O) groups is 2. The molecule has 0 radical (unpaired) electrons. The van der Waals surface area contributed by atoms with Crippen LogP contribution in [0.15, 0.2) is 24.3 Å². The lowest BCUT2D eigenvalue weighted by atomic mass is 10.1. The summed E-state index contributed by atoms with van der Waals surface area (Å²) in [6.45, 7) is 5.57. The van der Waals surface area contributed by atoms with Gasteiger partial charge in [0.15, 0.2) is 0 Å². The number of thiophene rings is 1. The van der Waals surface area contributed by atoms with Crippen LogP contribution < -0.4 is 5.32 Å². The van der Waals surface area contributed by atoms with Crippen LogP contribution in [0.5, 0.6) is 0 Å². The quantitative estimate of drug-likeness (QED) is 0.902. The van der Waals surface area contributed by atoms with E-state index in [1.54, 1.807) is 11.3 Å². The van der Waals surface area contributed by atoms with Crippen LogP contribution in [0.3, 0.4) is 0 Å². The maximum absolute atomic E-state index is 13.0. The molecule has 1 aromatic heterocycles. The van der Waals surface area contributed by atoms with Gasteiger partial charge in [-0.05, 0) is 43.3 Å². The Balaban J connectivity index is 1.38. The Morgan fingerprint density at radius 1 is 1.15 bits per heavy atom. The van der Waals surface area contributed by atoms with Crippen molar-refractivity contribution >= 4 is 33.2 Å². The number of hydrogen-bond donors (Lipinski definition) is 1. The van der Waals surface area contributed by atoms with Crippen LogP contribution in [-0.4, -0.2) is 60.4 Å². The van der Waals surface area contributed by atoms with Crippen LogP contribution >= 0.6 is 11.3 Å². The van der Waals surface area contributed by atoms with Crippen molar-refractivity contribution in [3.63, 3.8) is 0 Å². The number of nitrogens with one attached hydrogen (secondary N) is 1. The number of carbonyl (C=O) groups excluding carboxylic acids is 2. The molecule has 3 heterocycles. The monoisotopic (exact) mass is 371 g/mol. The fourth-order valence-corrected chi connectivity index (χ4v) is 5.13. The van der Waals surface area contributed by atoms with Crippen LogP contribution in [0.4, 0.5) is 0 Å². The van der Waals surface area contributed by atoms with Crippen molar-refractivity contribution in [2.24, 2.45) is 0 Å². The van der Waals surface area contributed by atoms with Crippen LogP contribution in [0, 0.1) is 6.92 Å². The Morgan fingerprint density at radius 3 is 2.58 bits per heavy atom. The Morgan fingerprint density at radius 2 is 1.88 bits per heavy atom. The highest BCUT2D eigenvalue weighted by molar-refractivity contribution is 7.21. The second-order valence-electron chi connectivity index (χ2n) is 7.22. The van der Waals surface area contributed by atoms with E-state index >= 15 is 0 Å². The first-order valence-corrected chi connectivity index (χ1v) is 10.2. The van der Waals surface area contributed by atoms with Crippen molar-refractivity contribution in [1.82, 2.24) is 15.1 Å². The molecule has 2 aliphatic rings. The number of piperazine rings is 1. The van der Waals surface area contributed by atoms with E-state index < -0.39 is 0 Å². The third kappa shape index (κ3) is 3.35. The van der Waals surface area contributed by atoms with Gasteiger partial charge in [-0.3, -0.25) is 9.59 Å². The van der Waals surface area contributed by atoms with Gasteiger partial charge in [0.1, 0.15) is 0 Å². The summed E-state index contributed by atoms with van der Waals surface area (Å²) in [6, 6.07) is 8.50. The summed E-state index contributed by atoms with van der Waals surface area (Å²) < 4.78 is 1.16. The van der Waals surface area contributed by atoms with Gasteiger partial charge in [0.2, 0.25) is 5.91 Å². The summed E-state index contributed by atoms with van der Waals surface area (Å²) >= 11 is 1.57. The predicted octanol–water partition coefficient (Wildman–Crippen LogP) is 2.64. The van der Waals surface area contributed by atoms with Gasteiger partial charge >= 0.3 is 0 Å². The summed E-state index contributed by atoms with van der Waals surface area (Å²) in [5.74, 6) is 0.322. The van der Waals surface area contributed by atoms with Gasteiger partial charge in [-0.25, -0.2) is 0 Å². The van der Waals surface area contributed by atoms with Gasteiger partial charge in [-0.2, -0.15) is 0 Å². The first-order valence-electron chi connectivity index (χ1n) is 9.42. The Labute approximate surface area is 158 Å². The SMILES string of the molecule is Cc1c(C(=O)N2CCN(C(=O)CC3CCCN3)CC2)sc2ccccc12. The zero-order chi connectivity index (χ0) is 18.1. The molecule has 2 saturated heterocycles. The molecule has 0 aliphatic carbocycles. The molecule has 4 rings (SSSR count). The maximum atomic E-state index is 13.0. The van der Waals surface area contributed by atoms with E-state index in [0.29, 0.717) is 38.6 Å². The summed E-state index contributed by atoms with van der Waals surface area (Å²) in [5, 5.41) is 4.55. The van der Waals surface area contributed by atoms with Gasteiger partial charge < -0.3 is 15.1 Å². The molecule has 0 spiro atoms. The molecule has 0 bridgehead atoms. The van der Waals surface area contributed by atoms with E-state index in [1.165, 1.54) is 5.39 Å². The van der Waals surface area contributed by atoms with Gasteiger partial charge in [-0.15, -0.1) is 11.3 Å². The van der Waals surface area contributed by atoms with E-state index in [0.717, 1.165) is 34.5 Å². The maximum Gasteiger partial charge on any atom is 0.264 e.